The van der Waals surface area contributed by atoms with Crippen LogP contribution in [-0.2, 0) is 0 Å². The van der Waals surface area contributed by atoms with Crippen molar-refractivity contribution < 1.29 is 0 Å². The Hall–Kier alpha value is -1.25. The van der Waals surface area contributed by atoms with Crippen molar-refractivity contribution in [3.63, 3.8) is 0 Å². The summed E-state index contributed by atoms with van der Waals surface area (Å²) in [6.45, 7) is 0. The quantitative estimate of drug-likeness (QED) is 0.566. The van der Waals surface area contributed by atoms with Gasteiger partial charge in [-0.3, -0.25) is 0 Å². The zero-order valence-corrected chi connectivity index (χ0v) is 15.2. The molecule has 2 N–H and O–H groups in total. The highest BCUT2D eigenvalue weighted by Gasteiger charge is 2.18. The number of halogens is 3. The maximum absolute atomic E-state index is 5.93. The van der Waals surface area contributed by atoms with E-state index >= 15 is 0 Å². The summed E-state index contributed by atoms with van der Waals surface area (Å²) in [5.41, 5.74) is 8.21. The van der Waals surface area contributed by atoms with Crippen molar-refractivity contribution in [2.45, 2.75) is 0 Å². The van der Waals surface area contributed by atoms with Crippen molar-refractivity contribution in [2.24, 2.45) is 0 Å². The fourth-order valence-corrected chi connectivity index (χ4v) is 3.70. The number of rotatable bonds is 2. The molecular weight excluding hydrogens is 466 g/mol. The van der Waals surface area contributed by atoms with Crippen LogP contribution in [0.15, 0.2) is 49.8 Å². The molecule has 0 fully saturated rings. The van der Waals surface area contributed by atoms with Crippen LogP contribution in [0.5, 0.6) is 0 Å². The van der Waals surface area contributed by atoms with Gasteiger partial charge in [0.05, 0.1) is 10.2 Å². The first-order valence-corrected chi connectivity index (χ1v) is 8.24. The number of nitrogens with two attached hydrogens (primary N) is 1. The molecule has 0 atom stereocenters. The van der Waals surface area contributed by atoms with Crippen LogP contribution in [-0.4, -0.2) is 20.2 Å². The van der Waals surface area contributed by atoms with Crippen LogP contribution in [0.2, 0.25) is 0 Å². The van der Waals surface area contributed by atoms with E-state index in [-0.39, 0.29) is 0 Å². The van der Waals surface area contributed by atoms with E-state index in [0.717, 1.165) is 24.7 Å². The highest BCUT2D eigenvalue weighted by Crippen LogP contribution is 2.35. The number of aromatic nitrogens is 4. The molecule has 0 amide bonds. The van der Waals surface area contributed by atoms with Crippen LogP contribution in [0.4, 0.5) is 5.69 Å². The van der Waals surface area contributed by atoms with Crippen molar-refractivity contribution in [1.82, 2.24) is 20.2 Å². The number of para-hydroxylation sites is 1. The number of hydrogen-bond donors (Lipinski definition) is 1. The molecule has 0 spiro atoms. The molecule has 5 nitrogen and oxygen atoms in total. The van der Waals surface area contributed by atoms with Gasteiger partial charge in [0.25, 0.3) is 0 Å². The van der Waals surface area contributed by atoms with Gasteiger partial charge in [-0.2, -0.15) is 4.68 Å². The Balaban J connectivity index is 2.25. The molecule has 0 unspecified atom stereocenters. The first kappa shape index (κ1) is 14.7. The van der Waals surface area contributed by atoms with Crippen LogP contribution in [0.25, 0.3) is 17.1 Å². The van der Waals surface area contributed by atoms with Crippen molar-refractivity contribution in [3.8, 4) is 17.1 Å². The van der Waals surface area contributed by atoms with Gasteiger partial charge in [-0.1, -0.05) is 12.1 Å². The second-order valence-electron chi connectivity index (χ2n) is 4.19. The molecule has 0 bridgehead atoms. The Morgan fingerprint density at radius 1 is 0.952 bits per heavy atom. The van der Waals surface area contributed by atoms with Crippen molar-refractivity contribution in [2.75, 3.05) is 5.73 Å². The molecule has 1 aromatic heterocycles. The van der Waals surface area contributed by atoms with E-state index in [1.165, 1.54) is 0 Å². The van der Waals surface area contributed by atoms with Gasteiger partial charge in [-0.25, -0.2) is 0 Å². The summed E-state index contributed by atoms with van der Waals surface area (Å²) in [5, 5.41) is 12.0. The van der Waals surface area contributed by atoms with E-state index in [1.807, 2.05) is 36.4 Å². The van der Waals surface area contributed by atoms with Gasteiger partial charge in [0.15, 0.2) is 5.82 Å². The summed E-state index contributed by atoms with van der Waals surface area (Å²) < 4.78 is 4.19. The number of anilines is 1. The van der Waals surface area contributed by atoms with E-state index in [9.17, 15) is 0 Å². The highest BCUT2D eigenvalue weighted by molar-refractivity contribution is 9.11. The Labute approximate surface area is 145 Å². The summed E-state index contributed by atoms with van der Waals surface area (Å²) >= 11 is 10.5. The third kappa shape index (κ3) is 2.63. The summed E-state index contributed by atoms with van der Waals surface area (Å²) in [7, 11) is 0. The molecule has 1 heterocycles. The van der Waals surface area contributed by atoms with Gasteiger partial charge >= 0.3 is 0 Å². The summed E-state index contributed by atoms with van der Waals surface area (Å²) in [6, 6.07) is 11.4. The Bertz CT molecular complexity index is 795. The molecule has 106 valence electrons. The molecule has 21 heavy (non-hydrogen) atoms. The third-order valence-electron chi connectivity index (χ3n) is 2.89. The number of hydrogen-bond acceptors (Lipinski definition) is 4. The molecule has 0 aliphatic rings. The van der Waals surface area contributed by atoms with Crippen molar-refractivity contribution in [3.05, 3.63) is 49.8 Å². The average Bonchev–Trinajstić information content (AvgIpc) is 2.91. The smallest absolute Gasteiger partial charge is 0.188 e. The maximum atomic E-state index is 5.93. The molecular formula is C13H8Br3N5. The lowest BCUT2D eigenvalue weighted by Crippen LogP contribution is -2.03. The minimum absolute atomic E-state index is 0.599. The average molecular weight is 474 g/mol. The van der Waals surface area contributed by atoms with Crippen LogP contribution in [0.3, 0.4) is 0 Å². The van der Waals surface area contributed by atoms with Crippen molar-refractivity contribution in [1.29, 1.82) is 0 Å². The Morgan fingerprint density at radius 3 is 2.33 bits per heavy atom. The second-order valence-corrected chi connectivity index (χ2v) is 6.70. The van der Waals surface area contributed by atoms with E-state index in [1.54, 1.807) is 4.68 Å². The summed E-state index contributed by atoms with van der Waals surface area (Å²) in [4.78, 5) is 0. The first-order valence-electron chi connectivity index (χ1n) is 5.86. The van der Waals surface area contributed by atoms with Gasteiger partial charge in [0.1, 0.15) is 0 Å². The SMILES string of the molecule is Nc1cccc(-c2nnnn2-c2c(Br)cccc2Br)c1Br. The molecule has 3 rings (SSSR count). The topological polar surface area (TPSA) is 69.6 Å². The Morgan fingerprint density at radius 2 is 1.62 bits per heavy atom. The van der Waals surface area contributed by atoms with Gasteiger partial charge < -0.3 is 5.73 Å². The van der Waals surface area contributed by atoms with Gasteiger partial charge in [0.2, 0.25) is 0 Å². The van der Waals surface area contributed by atoms with Gasteiger partial charge in [-0.15, -0.1) is 5.10 Å². The fraction of sp³-hybridized carbons (Fsp3) is 0. The van der Waals surface area contributed by atoms with E-state index in [0.29, 0.717) is 11.5 Å². The first-order chi connectivity index (χ1) is 10.1. The number of benzene rings is 2. The highest BCUT2D eigenvalue weighted by atomic mass is 79.9. The van der Waals surface area contributed by atoms with E-state index in [2.05, 4.69) is 63.3 Å². The molecule has 0 radical (unpaired) electrons. The summed E-state index contributed by atoms with van der Waals surface area (Å²) in [5.74, 6) is 0.599. The van der Waals surface area contributed by atoms with Crippen LogP contribution in [0, 0.1) is 0 Å². The lowest BCUT2D eigenvalue weighted by molar-refractivity contribution is 0.786. The molecule has 0 aliphatic carbocycles. The lowest BCUT2D eigenvalue weighted by atomic mass is 10.2. The molecule has 2 aromatic carbocycles. The molecule has 0 saturated heterocycles. The molecule has 8 heteroatoms. The van der Waals surface area contributed by atoms with Crippen LogP contribution < -0.4 is 5.73 Å². The molecule has 0 aliphatic heterocycles. The zero-order valence-electron chi connectivity index (χ0n) is 10.5. The number of nitrogen functional groups attached to an aromatic ring is 1. The zero-order chi connectivity index (χ0) is 15.0. The minimum Gasteiger partial charge on any atom is -0.398 e. The lowest BCUT2D eigenvalue weighted by Gasteiger charge is -2.10. The second kappa shape index (κ2) is 5.86. The Kier molecular flexibility index (Phi) is 4.10. The predicted molar refractivity (Wildman–Crippen MR) is 92.1 cm³/mol. The molecule has 3 aromatic rings. The largest absolute Gasteiger partial charge is 0.398 e. The van der Waals surface area contributed by atoms with Gasteiger partial charge in [0, 0.05) is 20.2 Å². The maximum Gasteiger partial charge on any atom is 0.188 e. The van der Waals surface area contributed by atoms with Crippen LogP contribution in [0.1, 0.15) is 0 Å². The normalized spacial score (nSPS) is 10.8. The predicted octanol–water partition coefficient (Wildman–Crippen LogP) is 4.20. The van der Waals surface area contributed by atoms with Crippen molar-refractivity contribution >= 4 is 53.5 Å². The number of tetrazole rings is 1. The monoisotopic (exact) mass is 471 g/mol. The van der Waals surface area contributed by atoms with Gasteiger partial charge in [-0.05, 0) is 82.5 Å². The summed E-state index contributed by atoms with van der Waals surface area (Å²) in [6.07, 6.45) is 0. The standard InChI is InChI=1S/C13H8Br3N5/c14-8-4-2-5-9(15)12(8)21-13(18-19-20-21)7-3-1-6-10(17)11(7)16/h1-6H,17H2. The third-order valence-corrected chi connectivity index (χ3v) is 5.05. The van der Waals surface area contributed by atoms with E-state index < -0.39 is 0 Å². The fourth-order valence-electron chi connectivity index (χ4n) is 1.92. The minimum atomic E-state index is 0.599. The van der Waals surface area contributed by atoms with E-state index in [4.69, 9.17) is 5.73 Å². The van der Waals surface area contributed by atoms with Crippen LogP contribution >= 0.6 is 47.8 Å². The molecule has 0 saturated carbocycles. The number of nitrogens with zero attached hydrogens (tertiary/aromatic N) is 4.